The van der Waals surface area contributed by atoms with Gasteiger partial charge in [0, 0.05) is 12.8 Å². The first kappa shape index (κ1) is 48.5. The van der Waals surface area contributed by atoms with Crippen molar-refractivity contribution in [1.29, 1.82) is 0 Å². The van der Waals surface area contributed by atoms with Gasteiger partial charge in [-0.1, -0.05) is 138 Å². The molecule has 302 valence electrons. The van der Waals surface area contributed by atoms with E-state index in [1.807, 2.05) is 12.2 Å². The first-order valence-electron chi connectivity index (χ1n) is 20.4. The monoisotopic (exact) mass is 762 g/mol. The summed E-state index contributed by atoms with van der Waals surface area (Å²) in [4.78, 5) is 42.8. The third-order valence-corrected chi connectivity index (χ3v) is 9.11. The summed E-state index contributed by atoms with van der Waals surface area (Å²) in [6.45, 7) is 3.48. The number of rotatable bonds is 35. The standard InChI is InChI=1S/C43H71O9P/c1-3-5-7-8-9-10-11-12-13-14-18-21-24-27-31-35-42(44)49-37-39(38-50-53(46,47)48)51-43(45)36-32-28-25-22-19-16-15-17-20-23-26-30-34-41-40(52-41)33-29-6-4-2/h6,12-13,16-17,19-20,25-26,28-30,39-41H,3-5,7-11,14-15,18,21-24,27,31-38H2,1-2H3,(H2,46,47,48)/b13-12-,19-16-,20-17-,28-25-,29-6-,30-26-/t39-,40?,41?/m1/s1. The zero-order valence-electron chi connectivity index (χ0n) is 32.8. The lowest BCUT2D eigenvalue weighted by molar-refractivity contribution is -0.161. The van der Waals surface area contributed by atoms with Crippen molar-refractivity contribution in [1.82, 2.24) is 0 Å². The van der Waals surface area contributed by atoms with Gasteiger partial charge in [-0.2, -0.15) is 0 Å². The Balaban J connectivity index is 2.14. The number of ether oxygens (including phenoxy) is 3. The maximum atomic E-state index is 12.4. The number of phosphoric acid groups is 1. The molecule has 1 heterocycles. The minimum Gasteiger partial charge on any atom is -0.462 e. The second kappa shape index (κ2) is 34.0. The molecular formula is C43H71O9P. The molecule has 0 amide bonds. The number of esters is 2. The number of carbonyl (C=O) groups is 2. The molecule has 2 unspecified atom stereocenters. The highest BCUT2D eigenvalue weighted by atomic mass is 31.2. The summed E-state index contributed by atoms with van der Waals surface area (Å²) >= 11 is 0. The van der Waals surface area contributed by atoms with E-state index in [2.05, 4.69) is 79.1 Å². The Hall–Kier alpha value is -2.55. The lowest BCUT2D eigenvalue weighted by Gasteiger charge is -2.18. The molecule has 10 heteroatoms. The Kier molecular flexibility index (Phi) is 31.1. The number of epoxide rings is 1. The van der Waals surface area contributed by atoms with Crippen LogP contribution in [0, 0.1) is 0 Å². The van der Waals surface area contributed by atoms with E-state index in [-0.39, 0.29) is 19.4 Å². The molecule has 9 nitrogen and oxygen atoms in total. The van der Waals surface area contributed by atoms with Crippen LogP contribution >= 0.6 is 7.82 Å². The molecular weight excluding hydrogens is 691 g/mol. The Morgan fingerprint density at radius 3 is 1.70 bits per heavy atom. The van der Waals surface area contributed by atoms with Crippen LogP contribution in [-0.2, 0) is 32.9 Å². The van der Waals surface area contributed by atoms with Crippen LogP contribution in [0.4, 0.5) is 0 Å². The van der Waals surface area contributed by atoms with E-state index in [9.17, 15) is 14.2 Å². The van der Waals surface area contributed by atoms with Crippen molar-refractivity contribution in [2.75, 3.05) is 13.2 Å². The van der Waals surface area contributed by atoms with Crippen LogP contribution in [0.2, 0.25) is 0 Å². The fraction of sp³-hybridized carbons (Fsp3) is 0.674. The molecule has 1 rings (SSSR count). The summed E-state index contributed by atoms with van der Waals surface area (Å²) in [5, 5.41) is 0. The van der Waals surface area contributed by atoms with Crippen LogP contribution < -0.4 is 0 Å². The van der Waals surface area contributed by atoms with E-state index in [1.54, 1.807) is 0 Å². The quantitative estimate of drug-likeness (QED) is 0.0213. The lowest BCUT2D eigenvalue weighted by Crippen LogP contribution is -2.29. The summed E-state index contributed by atoms with van der Waals surface area (Å²) in [6, 6.07) is 0. The first-order chi connectivity index (χ1) is 25.7. The molecule has 0 aliphatic carbocycles. The van der Waals surface area contributed by atoms with Gasteiger partial charge in [0.25, 0.3) is 0 Å². The number of phosphoric ester groups is 1. The van der Waals surface area contributed by atoms with Crippen LogP contribution in [0.15, 0.2) is 72.9 Å². The molecule has 1 fully saturated rings. The van der Waals surface area contributed by atoms with Crippen molar-refractivity contribution < 1.29 is 42.7 Å². The van der Waals surface area contributed by atoms with Crippen LogP contribution in [0.25, 0.3) is 0 Å². The number of hydrogen-bond donors (Lipinski definition) is 2. The third-order valence-electron chi connectivity index (χ3n) is 8.62. The molecule has 1 aliphatic rings. The van der Waals surface area contributed by atoms with Gasteiger partial charge in [-0.05, 0) is 77.0 Å². The van der Waals surface area contributed by atoms with Crippen LogP contribution in [0.3, 0.4) is 0 Å². The molecule has 2 N–H and O–H groups in total. The van der Waals surface area contributed by atoms with E-state index >= 15 is 0 Å². The summed E-state index contributed by atoms with van der Waals surface area (Å²) in [5.74, 6) is -1.00. The molecule has 0 aromatic heterocycles. The van der Waals surface area contributed by atoms with Gasteiger partial charge in [0.1, 0.15) is 6.61 Å². The molecule has 0 saturated carbocycles. The minimum absolute atomic E-state index is 0.0785. The topological polar surface area (TPSA) is 132 Å². The van der Waals surface area contributed by atoms with Gasteiger partial charge in [-0.15, -0.1) is 0 Å². The molecule has 0 bridgehead atoms. The second-order valence-electron chi connectivity index (χ2n) is 13.6. The summed E-state index contributed by atoms with van der Waals surface area (Å²) in [6.07, 6.45) is 46.7. The highest BCUT2D eigenvalue weighted by Crippen LogP contribution is 2.36. The normalized spacial score (nSPS) is 17.1. The number of carbonyl (C=O) groups excluding carboxylic acids is 2. The van der Waals surface area contributed by atoms with Crippen LogP contribution in [0.5, 0.6) is 0 Å². The fourth-order valence-electron chi connectivity index (χ4n) is 5.49. The molecule has 1 aliphatic heterocycles. The number of hydrogen-bond acceptors (Lipinski definition) is 7. The van der Waals surface area contributed by atoms with Crippen molar-refractivity contribution in [3.8, 4) is 0 Å². The van der Waals surface area contributed by atoms with Gasteiger partial charge >= 0.3 is 19.8 Å². The molecule has 0 spiro atoms. The summed E-state index contributed by atoms with van der Waals surface area (Å²) < 4.78 is 31.9. The van der Waals surface area contributed by atoms with E-state index in [0.717, 1.165) is 70.6 Å². The molecule has 53 heavy (non-hydrogen) atoms. The maximum Gasteiger partial charge on any atom is 0.469 e. The minimum atomic E-state index is -4.78. The summed E-state index contributed by atoms with van der Waals surface area (Å²) in [7, 11) is -4.78. The smallest absolute Gasteiger partial charge is 0.462 e. The highest BCUT2D eigenvalue weighted by molar-refractivity contribution is 7.46. The first-order valence-corrected chi connectivity index (χ1v) is 21.9. The zero-order chi connectivity index (χ0) is 38.7. The molecule has 3 atom stereocenters. The van der Waals surface area contributed by atoms with E-state index in [0.29, 0.717) is 25.0 Å². The van der Waals surface area contributed by atoms with Crippen molar-refractivity contribution in [3.63, 3.8) is 0 Å². The van der Waals surface area contributed by atoms with Gasteiger partial charge in [-0.3, -0.25) is 14.1 Å². The Labute approximate surface area is 321 Å². The van der Waals surface area contributed by atoms with Gasteiger partial charge in [0.15, 0.2) is 6.10 Å². The predicted octanol–water partition coefficient (Wildman–Crippen LogP) is 11.3. The van der Waals surface area contributed by atoms with E-state index in [1.165, 1.54) is 44.9 Å². The lowest BCUT2D eigenvalue weighted by atomic mass is 10.1. The van der Waals surface area contributed by atoms with Crippen LogP contribution in [0.1, 0.15) is 155 Å². The van der Waals surface area contributed by atoms with Crippen molar-refractivity contribution in [3.05, 3.63) is 72.9 Å². The number of unbranched alkanes of at least 4 members (excludes halogenated alkanes) is 11. The largest absolute Gasteiger partial charge is 0.469 e. The van der Waals surface area contributed by atoms with Gasteiger partial charge < -0.3 is 24.0 Å². The maximum absolute atomic E-state index is 12.4. The van der Waals surface area contributed by atoms with Crippen molar-refractivity contribution >= 4 is 19.8 Å². The highest BCUT2D eigenvalue weighted by Gasteiger charge is 2.35. The van der Waals surface area contributed by atoms with E-state index in [4.69, 9.17) is 24.0 Å². The average Bonchev–Trinajstić information content (AvgIpc) is 3.88. The second-order valence-corrected chi connectivity index (χ2v) is 14.9. The van der Waals surface area contributed by atoms with Crippen molar-refractivity contribution in [2.24, 2.45) is 0 Å². The zero-order valence-corrected chi connectivity index (χ0v) is 33.7. The summed E-state index contributed by atoms with van der Waals surface area (Å²) in [5.41, 5.74) is 0. The fourth-order valence-corrected chi connectivity index (χ4v) is 5.85. The Morgan fingerprint density at radius 1 is 0.604 bits per heavy atom. The molecule has 0 aromatic rings. The molecule has 0 aromatic carbocycles. The van der Waals surface area contributed by atoms with Gasteiger partial charge in [0.05, 0.1) is 18.8 Å². The molecule has 1 saturated heterocycles. The van der Waals surface area contributed by atoms with E-state index < -0.39 is 32.5 Å². The van der Waals surface area contributed by atoms with Gasteiger partial charge in [0.2, 0.25) is 0 Å². The van der Waals surface area contributed by atoms with Crippen LogP contribution in [-0.4, -0.2) is 53.3 Å². The average molecular weight is 763 g/mol. The number of allylic oxidation sites excluding steroid dienone is 10. The predicted molar refractivity (Wildman–Crippen MR) is 215 cm³/mol. The third kappa shape index (κ3) is 33.7. The van der Waals surface area contributed by atoms with Crippen molar-refractivity contribution in [2.45, 2.75) is 173 Å². The molecule has 0 radical (unpaired) electrons. The Morgan fingerprint density at radius 2 is 1.11 bits per heavy atom. The Bertz CT molecular complexity index is 1150. The van der Waals surface area contributed by atoms with Gasteiger partial charge in [-0.25, -0.2) is 4.57 Å². The SMILES string of the molecule is CC/C=C\CC1OC1C/C=C\C/C=C\C/C=C\C/C=C\CCC(=O)O[C@H](COC(=O)CCCCCCC/C=C\CCCCCCCC)COP(=O)(O)O.